The molecule has 0 fully saturated rings. The Bertz CT molecular complexity index is 1110. The van der Waals surface area contributed by atoms with Crippen LogP contribution in [0.25, 0.3) is 10.9 Å². The Balaban J connectivity index is 1.80. The largest absolute Gasteiger partial charge is 0.302 e. The van der Waals surface area contributed by atoms with Crippen LogP contribution in [0.1, 0.15) is 39.2 Å². The highest BCUT2D eigenvalue weighted by atomic mass is 16.2. The number of hydrogen-bond donors (Lipinski definition) is 0. The van der Waals surface area contributed by atoms with Gasteiger partial charge in [0, 0.05) is 42.4 Å². The number of benzene rings is 2. The zero-order valence-corrected chi connectivity index (χ0v) is 16.7. The Morgan fingerprint density at radius 1 is 1.14 bits per heavy atom. The summed E-state index contributed by atoms with van der Waals surface area (Å²) in [5.74, 6) is 0.196. The SMILES string of the molecule is C=CC1(c2ccccc2)CC(=O)n2c3c(c4cc(C)cc(c42)C1)CN(C)CC3. The molecule has 3 heterocycles. The Labute approximate surface area is 166 Å². The zero-order valence-electron chi connectivity index (χ0n) is 16.7. The van der Waals surface area contributed by atoms with Crippen molar-refractivity contribution in [1.29, 1.82) is 0 Å². The van der Waals surface area contributed by atoms with Crippen LogP contribution in [-0.2, 0) is 24.8 Å². The molecule has 0 aliphatic carbocycles. The van der Waals surface area contributed by atoms with Gasteiger partial charge in [-0.3, -0.25) is 9.36 Å². The van der Waals surface area contributed by atoms with Gasteiger partial charge in [0.1, 0.15) is 0 Å². The van der Waals surface area contributed by atoms with Crippen molar-refractivity contribution in [3.63, 3.8) is 0 Å². The topological polar surface area (TPSA) is 25.2 Å². The Morgan fingerprint density at radius 3 is 2.68 bits per heavy atom. The predicted octanol–water partition coefficient (Wildman–Crippen LogP) is 4.65. The maximum absolute atomic E-state index is 13.6. The fourth-order valence-electron chi connectivity index (χ4n) is 5.26. The van der Waals surface area contributed by atoms with Crippen LogP contribution in [0.2, 0.25) is 0 Å². The van der Waals surface area contributed by atoms with Gasteiger partial charge in [-0.2, -0.15) is 0 Å². The van der Waals surface area contributed by atoms with Crippen molar-refractivity contribution in [2.45, 2.75) is 38.1 Å². The molecule has 0 amide bonds. The molecule has 0 bridgehead atoms. The molecule has 2 aliphatic rings. The van der Waals surface area contributed by atoms with E-state index in [0.29, 0.717) is 6.42 Å². The van der Waals surface area contributed by atoms with E-state index in [9.17, 15) is 4.79 Å². The first kappa shape index (κ1) is 17.4. The number of hydrogen-bond acceptors (Lipinski definition) is 2. The van der Waals surface area contributed by atoms with Gasteiger partial charge in [-0.1, -0.05) is 48.0 Å². The molecule has 0 saturated heterocycles. The number of carbonyl (C=O) groups is 1. The summed E-state index contributed by atoms with van der Waals surface area (Å²) in [7, 11) is 2.16. The van der Waals surface area contributed by atoms with Gasteiger partial charge in [-0.15, -0.1) is 6.58 Å². The van der Waals surface area contributed by atoms with Crippen LogP contribution in [-0.4, -0.2) is 29.0 Å². The van der Waals surface area contributed by atoms with E-state index in [1.54, 1.807) is 0 Å². The lowest BCUT2D eigenvalue weighted by Crippen LogP contribution is -2.32. The van der Waals surface area contributed by atoms with Gasteiger partial charge >= 0.3 is 0 Å². The van der Waals surface area contributed by atoms with Crippen molar-refractivity contribution < 1.29 is 4.79 Å². The van der Waals surface area contributed by atoms with E-state index in [1.807, 2.05) is 12.1 Å². The van der Waals surface area contributed by atoms with Gasteiger partial charge in [0.2, 0.25) is 5.91 Å². The second kappa shape index (κ2) is 6.18. The molecule has 28 heavy (non-hydrogen) atoms. The minimum atomic E-state index is -0.365. The Kier molecular flexibility index (Phi) is 3.85. The minimum Gasteiger partial charge on any atom is -0.302 e. The molecule has 1 atom stereocenters. The summed E-state index contributed by atoms with van der Waals surface area (Å²) in [6.45, 7) is 8.25. The van der Waals surface area contributed by atoms with E-state index in [1.165, 1.54) is 33.3 Å². The standard InChI is InChI=1S/C25H26N2O/c1-4-25(19-8-6-5-7-9-19)14-18-12-17(2)13-20-21-16-26(3)11-10-22(21)27(24(18)20)23(28)15-25/h4-9,12-13H,1,10-11,14-16H2,2-3H3. The van der Waals surface area contributed by atoms with Crippen molar-refractivity contribution in [3.8, 4) is 0 Å². The summed E-state index contributed by atoms with van der Waals surface area (Å²) in [5, 5.41) is 1.26. The van der Waals surface area contributed by atoms with E-state index < -0.39 is 0 Å². The third-order valence-corrected chi connectivity index (χ3v) is 6.62. The molecule has 3 aromatic rings. The molecular weight excluding hydrogens is 344 g/mol. The molecule has 0 N–H and O–H groups in total. The Hall–Kier alpha value is -2.65. The minimum absolute atomic E-state index is 0.196. The fraction of sp³-hybridized carbons (Fsp3) is 0.320. The number of likely N-dealkylation sites (N-methyl/N-ethyl adjacent to an activating group) is 1. The molecule has 1 aromatic heterocycles. The van der Waals surface area contributed by atoms with E-state index in [4.69, 9.17) is 0 Å². The first-order chi connectivity index (χ1) is 13.5. The molecule has 0 saturated carbocycles. The molecule has 142 valence electrons. The van der Waals surface area contributed by atoms with E-state index in [-0.39, 0.29) is 11.3 Å². The highest BCUT2D eigenvalue weighted by Gasteiger charge is 2.38. The molecule has 2 aliphatic heterocycles. The third-order valence-electron chi connectivity index (χ3n) is 6.62. The number of rotatable bonds is 2. The second-order valence-electron chi connectivity index (χ2n) is 8.54. The van der Waals surface area contributed by atoms with Crippen molar-refractivity contribution in [2.24, 2.45) is 0 Å². The van der Waals surface area contributed by atoms with Crippen LogP contribution in [0.3, 0.4) is 0 Å². The average molecular weight is 370 g/mol. The smallest absolute Gasteiger partial charge is 0.232 e. The lowest BCUT2D eigenvalue weighted by molar-refractivity contribution is 0.0883. The van der Waals surface area contributed by atoms with E-state index in [0.717, 1.165) is 31.4 Å². The van der Waals surface area contributed by atoms with Gasteiger partial charge in [-0.25, -0.2) is 0 Å². The Morgan fingerprint density at radius 2 is 1.93 bits per heavy atom. The number of aromatic nitrogens is 1. The number of fused-ring (bicyclic) bond motifs is 3. The third kappa shape index (κ3) is 2.43. The second-order valence-corrected chi connectivity index (χ2v) is 8.54. The number of carbonyl (C=O) groups excluding carboxylic acids is 1. The summed E-state index contributed by atoms with van der Waals surface area (Å²) in [6, 6.07) is 14.9. The highest BCUT2D eigenvalue weighted by Crippen LogP contribution is 2.42. The van der Waals surface area contributed by atoms with Crippen molar-refractivity contribution in [1.82, 2.24) is 9.47 Å². The summed E-state index contributed by atoms with van der Waals surface area (Å²) in [5.41, 5.74) is 7.03. The van der Waals surface area contributed by atoms with Crippen LogP contribution < -0.4 is 0 Å². The van der Waals surface area contributed by atoms with Gasteiger partial charge in [0.25, 0.3) is 0 Å². The first-order valence-corrected chi connectivity index (χ1v) is 10.1. The van der Waals surface area contributed by atoms with Crippen molar-refractivity contribution in [3.05, 3.63) is 83.1 Å². The summed E-state index contributed by atoms with van der Waals surface area (Å²) >= 11 is 0. The van der Waals surface area contributed by atoms with Crippen molar-refractivity contribution in [2.75, 3.05) is 13.6 Å². The summed E-state index contributed by atoms with van der Waals surface area (Å²) in [4.78, 5) is 16.0. The lowest BCUT2D eigenvalue weighted by Gasteiger charge is -2.30. The quantitative estimate of drug-likeness (QED) is 0.614. The number of nitrogens with zero attached hydrogens (tertiary/aromatic N) is 2. The first-order valence-electron chi connectivity index (χ1n) is 10.1. The molecule has 1 unspecified atom stereocenters. The maximum Gasteiger partial charge on any atom is 0.232 e. The van der Waals surface area contributed by atoms with Gasteiger partial charge in [-0.05, 0) is 43.1 Å². The molecule has 5 rings (SSSR count). The van der Waals surface area contributed by atoms with Crippen LogP contribution in [0, 0.1) is 6.92 Å². The van der Waals surface area contributed by atoms with Crippen LogP contribution in [0.4, 0.5) is 0 Å². The van der Waals surface area contributed by atoms with Crippen molar-refractivity contribution >= 4 is 16.8 Å². The van der Waals surface area contributed by atoms with Crippen LogP contribution >= 0.6 is 0 Å². The molecule has 0 radical (unpaired) electrons. The predicted molar refractivity (Wildman–Crippen MR) is 114 cm³/mol. The van der Waals surface area contributed by atoms with Crippen LogP contribution in [0.5, 0.6) is 0 Å². The average Bonchev–Trinajstić information content (AvgIpc) is 2.94. The summed E-state index contributed by atoms with van der Waals surface area (Å²) < 4.78 is 2.06. The molecular formula is C25H26N2O. The van der Waals surface area contributed by atoms with Gasteiger partial charge < -0.3 is 4.90 Å². The fourth-order valence-corrected chi connectivity index (χ4v) is 5.26. The normalized spacial score (nSPS) is 22.1. The highest BCUT2D eigenvalue weighted by molar-refractivity contribution is 6.00. The molecule has 3 heteroatoms. The van der Waals surface area contributed by atoms with Gasteiger partial charge in [0.15, 0.2) is 0 Å². The maximum atomic E-state index is 13.6. The monoisotopic (exact) mass is 370 g/mol. The molecule has 0 spiro atoms. The number of allylic oxidation sites excluding steroid dienone is 1. The zero-order chi connectivity index (χ0) is 19.5. The molecule has 2 aromatic carbocycles. The summed E-state index contributed by atoms with van der Waals surface area (Å²) in [6.07, 6.45) is 4.20. The van der Waals surface area contributed by atoms with Crippen LogP contribution in [0.15, 0.2) is 55.1 Å². The van der Waals surface area contributed by atoms with E-state index >= 15 is 0 Å². The lowest BCUT2D eigenvalue weighted by atomic mass is 9.73. The van der Waals surface area contributed by atoms with Gasteiger partial charge in [0.05, 0.1) is 5.52 Å². The van der Waals surface area contributed by atoms with E-state index in [2.05, 4.69) is 66.4 Å². The number of aryl methyl sites for hydroxylation is 1. The molecule has 3 nitrogen and oxygen atoms in total.